The number of benzene rings is 2. The van der Waals surface area contributed by atoms with E-state index in [0.29, 0.717) is 12.0 Å². The summed E-state index contributed by atoms with van der Waals surface area (Å²) in [5.41, 5.74) is 0.688. The molecule has 0 saturated heterocycles. The molecule has 0 fully saturated rings. The van der Waals surface area contributed by atoms with Gasteiger partial charge < -0.3 is 4.74 Å². The van der Waals surface area contributed by atoms with Gasteiger partial charge in [-0.2, -0.15) is 0 Å². The molecule has 0 aliphatic heterocycles. The SMILES string of the molecule is CCCCc1ccc(-c2ccc(OC)c(F)c2)c(F)c1F. The summed E-state index contributed by atoms with van der Waals surface area (Å²) in [6, 6.07) is 7.09. The molecule has 0 amide bonds. The zero-order valence-electron chi connectivity index (χ0n) is 12.1. The molecule has 2 aromatic carbocycles. The average Bonchev–Trinajstić information content (AvgIpc) is 2.49. The van der Waals surface area contributed by atoms with E-state index in [1.165, 1.54) is 25.3 Å². The maximum absolute atomic E-state index is 14.2. The minimum Gasteiger partial charge on any atom is -0.494 e. The molecule has 0 spiro atoms. The van der Waals surface area contributed by atoms with Gasteiger partial charge >= 0.3 is 0 Å². The third-order valence-electron chi connectivity index (χ3n) is 3.42. The van der Waals surface area contributed by atoms with Crippen LogP contribution in [0.3, 0.4) is 0 Å². The van der Waals surface area contributed by atoms with Gasteiger partial charge in [0.15, 0.2) is 23.2 Å². The van der Waals surface area contributed by atoms with E-state index in [1.54, 1.807) is 6.07 Å². The first-order chi connectivity index (χ1) is 10.1. The number of methoxy groups -OCH3 is 1. The van der Waals surface area contributed by atoms with Crippen molar-refractivity contribution in [3.05, 3.63) is 53.3 Å². The van der Waals surface area contributed by atoms with Crippen molar-refractivity contribution in [1.29, 1.82) is 0 Å². The van der Waals surface area contributed by atoms with Crippen LogP contribution in [0.5, 0.6) is 5.75 Å². The number of hydrogen-bond acceptors (Lipinski definition) is 1. The number of ether oxygens (including phenoxy) is 1. The van der Waals surface area contributed by atoms with E-state index < -0.39 is 17.5 Å². The lowest BCUT2D eigenvalue weighted by molar-refractivity contribution is 0.386. The molecule has 0 radical (unpaired) electrons. The highest BCUT2D eigenvalue weighted by atomic mass is 19.2. The minimum absolute atomic E-state index is 0.0503. The van der Waals surface area contributed by atoms with Crippen LogP contribution in [0, 0.1) is 17.5 Å². The van der Waals surface area contributed by atoms with Crippen LogP contribution < -0.4 is 4.74 Å². The molecule has 0 saturated carbocycles. The van der Waals surface area contributed by atoms with Crippen LogP contribution in [-0.4, -0.2) is 7.11 Å². The Morgan fingerprint density at radius 2 is 1.76 bits per heavy atom. The Bertz CT molecular complexity index is 638. The van der Waals surface area contributed by atoms with Crippen molar-refractivity contribution in [3.63, 3.8) is 0 Å². The first-order valence-electron chi connectivity index (χ1n) is 6.89. The van der Waals surface area contributed by atoms with Crippen LogP contribution in [0.2, 0.25) is 0 Å². The molecule has 1 nitrogen and oxygen atoms in total. The number of aryl methyl sites for hydroxylation is 1. The van der Waals surface area contributed by atoms with Gasteiger partial charge in [-0.15, -0.1) is 0 Å². The maximum Gasteiger partial charge on any atom is 0.166 e. The summed E-state index contributed by atoms with van der Waals surface area (Å²) in [4.78, 5) is 0. The molecule has 0 aliphatic carbocycles. The first-order valence-corrected chi connectivity index (χ1v) is 6.89. The smallest absolute Gasteiger partial charge is 0.166 e. The molecule has 0 atom stereocenters. The van der Waals surface area contributed by atoms with E-state index in [0.717, 1.165) is 18.9 Å². The van der Waals surface area contributed by atoms with Crippen LogP contribution in [0.1, 0.15) is 25.3 Å². The van der Waals surface area contributed by atoms with Gasteiger partial charge in [-0.05, 0) is 36.1 Å². The lowest BCUT2D eigenvalue weighted by Crippen LogP contribution is -1.98. The fourth-order valence-corrected chi connectivity index (χ4v) is 2.21. The van der Waals surface area contributed by atoms with Crippen molar-refractivity contribution in [2.24, 2.45) is 0 Å². The Kier molecular flexibility index (Phi) is 4.89. The highest BCUT2D eigenvalue weighted by Crippen LogP contribution is 2.30. The number of unbranched alkanes of at least 4 members (excludes halogenated alkanes) is 1. The van der Waals surface area contributed by atoms with Gasteiger partial charge in [-0.1, -0.05) is 31.5 Å². The van der Waals surface area contributed by atoms with Gasteiger partial charge in [-0.3, -0.25) is 0 Å². The fraction of sp³-hybridized carbons (Fsp3) is 0.294. The Morgan fingerprint density at radius 1 is 1.00 bits per heavy atom. The van der Waals surface area contributed by atoms with Crippen molar-refractivity contribution >= 4 is 0 Å². The molecule has 0 aliphatic rings. The van der Waals surface area contributed by atoms with Crippen LogP contribution in [0.4, 0.5) is 13.2 Å². The standard InChI is InChI=1S/C17H17F3O/c1-3-4-5-11-6-8-13(17(20)16(11)19)12-7-9-15(21-2)14(18)10-12/h6-10H,3-5H2,1-2H3. The lowest BCUT2D eigenvalue weighted by Gasteiger charge is -2.10. The number of halogens is 3. The van der Waals surface area contributed by atoms with E-state index >= 15 is 0 Å². The Labute approximate surface area is 122 Å². The molecular formula is C17H17F3O. The molecule has 4 heteroatoms. The van der Waals surface area contributed by atoms with Crippen LogP contribution >= 0.6 is 0 Å². The monoisotopic (exact) mass is 294 g/mol. The van der Waals surface area contributed by atoms with Crippen molar-refractivity contribution in [2.45, 2.75) is 26.2 Å². The Balaban J connectivity index is 2.41. The van der Waals surface area contributed by atoms with E-state index in [4.69, 9.17) is 4.74 Å². The van der Waals surface area contributed by atoms with Crippen LogP contribution in [0.25, 0.3) is 11.1 Å². The Hall–Kier alpha value is -1.97. The van der Waals surface area contributed by atoms with E-state index in [-0.39, 0.29) is 16.9 Å². The van der Waals surface area contributed by atoms with E-state index in [1.807, 2.05) is 6.92 Å². The molecule has 0 N–H and O–H groups in total. The average molecular weight is 294 g/mol. The zero-order valence-corrected chi connectivity index (χ0v) is 12.1. The van der Waals surface area contributed by atoms with Gasteiger partial charge in [0.1, 0.15) is 0 Å². The summed E-state index contributed by atoms with van der Waals surface area (Å²) in [5.74, 6) is -2.32. The normalized spacial score (nSPS) is 10.7. The van der Waals surface area contributed by atoms with Gasteiger partial charge in [0.25, 0.3) is 0 Å². The molecule has 21 heavy (non-hydrogen) atoms. The topological polar surface area (TPSA) is 9.23 Å². The molecule has 0 bridgehead atoms. The van der Waals surface area contributed by atoms with Gasteiger partial charge in [0.05, 0.1) is 7.11 Å². The largest absolute Gasteiger partial charge is 0.494 e. The molecule has 112 valence electrons. The summed E-state index contributed by atoms with van der Waals surface area (Å²) in [7, 11) is 1.35. The van der Waals surface area contributed by atoms with Crippen molar-refractivity contribution < 1.29 is 17.9 Å². The second-order valence-electron chi connectivity index (χ2n) is 4.85. The summed E-state index contributed by atoms with van der Waals surface area (Å²) in [5, 5.41) is 0. The minimum atomic E-state index is -0.937. The van der Waals surface area contributed by atoms with E-state index in [9.17, 15) is 13.2 Å². The van der Waals surface area contributed by atoms with Gasteiger partial charge in [0.2, 0.25) is 0 Å². The molecule has 2 aromatic rings. The third kappa shape index (κ3) is 3.20. The summed E-state index contributed by atoms with van der Waals surface area (Å²) < 4.78 is 46.7. The van der Waals surface area contributed by atoms with Gasteiger partial charge in [-0.25, -0.2) is 13.2 Å². The lowest BCUT2D eigenvalue weighted by atomic mass is 10.00. The van der Waals surface area contributed by atoms with Gasteiger partial charge in [0, 0.05) is 5.56 Å². The Morgan fingerprint density at radius 3 is 2.38 bits per heavy atom. The summed E-state index contributed by atoms with van der Waals surface area (Å²) in [6.45, 7) is 1.99. The van der Waals surface area contributed by atoms with Crippen molar-refractivity contribution in [1.82, 2.24) is 0 Å². The third-order valence-corrected chi connectivity index (χ3v) is 3.42. The summed E-state index contributed by atoms with van der Waals surface area (Å²) in [6.07, 6.45) is 2.20. The predicted molar refractivity (Wildman–Crippen MR) is 76.9 cm³/mol. The number of rotatable bonds is 5. The highest BCUT2D eigenvalue weighted by Gasteiger charge is 2.15. The molecule has 0 heterocycles. The molecule has 0 unspecified atom stereocenters. The molecular weight excluding hydrogens is 277 g/mol. The first kappa shape index (κ1) is 15.4. The van der Waals surface area contributed by atoms with E-state index in [2.05, 4.69) is 0 Å². The second-order valence-corrected chi connectivity index (χ2v) is 4.85. The zero-order chi connectivity index (χ0) is 15.4. The fourth-order valence-electron chi connectivity index (χ4n) is 2.21. The predicted octanol–water partition coefficient (Wildman–Crippen LogP) is 5.12. The van der Waals surface area contributed by atoms with Crippen LogP contribution in [-0.2, 0) is 6.42 Å². The van der Waals surface area contributed by atoms with Crippen molar-refractivity contribution in [2.75, 3.05) is 7.11 Å². The second kappa shape index (κ2) is 6.66. The van der Waals surface area contributed by atoms with Crippen LogP contribution in [0.15, 0.2) is 30.3 Å². The molecule has 2 rings (SSSR count). The van der Waals surface area contributed by atoms with Crippen molar-refractivity contribution in [3.8, 4) is 16.9 Å². The molecule has 0 aromatic heterocycles. The maximum atomic E-state index is 14.2. The number of hydrogen-bond donors (Lipinski definition) is 0. The summed E-state index contributed by atoms with van der Waals surface area (Å²) >= 11 is 0. The quantitative estimate of drug-likeness (QED) is 0.743. The highest BCUT2D eigenvalue weighted by molar-refractivity contribution is 5.65.